The second-order valence-electron chi connectivity index (χ2n) is 4.64. The van der Waals surface area contributed by atoms with Gasteiger partial charge < -0.3 is 10.1 Å². The summed E-state index contributed by atoms with van der Waals surface area (Å²) in [6, 6.07) is 8.77. The molecule has 1 aromatic carbocycles. The van der Waals surface area contributed by atoms with E-state index in [-0.39, 0.29) is 18.1 Å². The van der Waals surface area contributed by atoms with Crippen molar-refractivity contribution in [3.05, 3.63) is 29.8 Å². The lowest BCUT2D eigenvalue weighted by molar-refractivity contribution is -0.125. The highest BCUT2D eigenvalue weighted by molar-refractivity contribution is 5.91. The molecule has 0 aliphatic heterocycles. The van der Waals surface area contributed by atoms with Gasteiger partial charge in [0.1, 0.15) is 6.61 Å². The van der Waals surface area contributed by atoms with Crippen molar-refractivity contribution < 1.29 is 9.53 Å². The molecular formula is C13H16N2O2. The third-order valence-electron chi connectivity index (χ3n) is 1.91. The van der Waals surface area contributed by atoms with Crippen LogP contribution >= 0.6 is 0 Å². The van der Waals surface area contributed by atoms with E-state index < -0.39 is 0 Å². The first-order valence-corrected chi connectivity index (χ1v) is 5.35. The van der Waals surface area contributed by atoms with Crippen LogP contribution in [0, 0.1) is 11.3 Å². The smallest absolute Gasteiger partial charge is 0.250 e. The van der Waals surface area contributed by atoms with Crippen LogP contribution in [0.5, 0.6) is 0 Å². The van der Waals surface area contributed by atoms with Gasteiger partial charge in [-0.15, -0.1) is 0 Å². The topological polar surface area (TPSA) is 62.1 Å². The van der Waals surface area contributed by atoms with Gasteiger partial charge in [-0.25, -0.2) is 0 Å². The molecular weight excluding hydrogens is 216 g/mol. The van der Waals surface area contributed by atoms with E-state index in [1.54, 1.807) is 24.3 Å². The fourth-order valence-corrected chi connectivity index (χ4v) is 1.15. The van der Waals surface area contributed by atoms with Crippen LogP contribution < -0.4 is 5.32 Å². The Morgan fingerprint density at radius 1 is 1.47 bits per heavy atom. The number of carbonyl (C=O) groups excluding carboxylic acids is 1. The molecule has 4 nitrogen and oxygen atoms in total. The van der Waals surface area contributed by atoms with Crippen LogP contribution in [-0.4, -0.2) is 18.1 Å². The van der Waals surface area contributed by atoms with Crippen LogP contribution in [0.4, 0.5) is 5.69 Å². The molecule has 0 radical (unpaired) electrons. The number of carbonyl (C=O) groups is 1. The maximum absolute atomic E-state index is 11.5. The molecule has 0 bridgehead atoms. The number of ether oxygens (including phenoxy) is 1. The van der Waals surface area contributed by atoms with Crippen molar-refractivity contribution in [2.75, 3.05) is 11.9 Å². The average Bonchev–Trinajstić information content (AvgIpc) is 2.26. The molecule has 1 rings (SSSR count). The van der Waals surface area contributed by atoms with E-state index in [0.717, 1.165) is 0 Å². The first-order chi connectivity index (χ1) is 7.90. The molecule has 0 fully saturated rings. The van der Waals surface area contributed by atoms with Gasteiger partial charge in [0.25, 0.3) is 0 Å². The van der Waals surface area contributed by atoms with Gasteiger partial charge in [0, 0.05) is 5.69 Å². The Labute approximate surface area is 101 Å². The first kappa shape index (κ1) is 13.2. The summed E-state index contributed by atoms with van der Waals surface area (Å²) in [6.07, 6.45) is 0. The summed E-state index contributed by atoms with van der Waals surface area (Å²) < 4.78 is 5.34. The zero-order chi connectivity index (χ0) is 12.9. The van der Waals surface area contributed by atoms with Crippen molar-refractivity contribution in [1.29, 1.82) is 5.26 Å². The van der Waals surface area contributed by atoms with E-state index >= 15 is 0 Å². The zero-order valence-corrected chi connectivity index (χ0v) is 10.3. The second kappa shape index (κ2) is 5.46. The molecule has 0 aliphatic carbocycles. The van der Waals surface area contributed by atoms with E-state index in [4.69, 9.17) is 10.00 Å². The number of rotatable bonds is 3. The number of anilines is 1. The van der Waals surface area contributed by atoms with E-state index in [1.165, 1.54) is 0 Å². The summed E-state index contributed by atoms with van der Waals surface area (Å²) in [5.41, 5.74) is 0.775. The van der Waals surface area contributed by atoms with Crippen molar-refractivity contribution >= 4 is 11.6 Å². The third kappa shape index (κ3) is 5.14. The molecule has 0 saturated heterocycles. The van der Waals surface area contributed by atoms with E-state index in [0.29, 0.717) is 11.3 Å². The van der Waals surface area contributed by atoms with E-state index in [2.05, 4.69) is 5.32 Å². The maximum atomic E-state index is 11.5. The monoisotopic (exact) mass is 232 g/mol. The minimum Gasteiger partial charge on any atom is -0.366 e. The molecule has 1 amide bonds. The third-order valence-corrected chi connectivity index (χ3v) is 1.91. The Morgan fingerprint density at radius 3 is 2.76 bits per heavy atom. The number of benzene rings is 1. The zero-order valence-electron chi connectivity index (χ0n) is 10.3. The number of nitrogens with one attached hydrogen (secondary N) is 1. The van der Waals surface area contributed by atoms with Gasteiger partial charge in [0.05, 0.1) is 17.2 Å². The maximum Gasteiger partial charge on any atom is 0.250 e. The molecule has 0 aromatic heterocycles. The molecule has 90 valence electrons. The van der Waals surface area contributed by atoms with E-state index in [9.17, 15) is 4.79 Å². The first-order valence-electron chi connectivity index (χ1n) is 5.35. The lowest BCUT2D eigenvalue weighted by Crippen LogP contribution is -2.27. The molecule has 0 heterocycles. The lowest BCUT2D eigenvalue weighted by atomic mass is 10.2. The van der Waals surface area contributed by atoms with Gasteiger partial charge in [0.15, 0.2) is 0 Å². The Kier molecular flexibility index (Phi) is 4.24. The summed E-state index contributed by atoms with van der Waals surface area (Å²) in [5, 5.41) is 11.4. The molecule has 0 spiro atoms. The van der Waals surface area contributed by atoms with Crippen LogP contribution in [0.2, 0.25) is 0 Å². The van der Waals surface area contributed by atoms with Crippen LogP contribution in [-0.2, 0) is 9.53 Å². The van der Waals surface area contributed by atoms with Gasteiger partial charge in [-0.05, 0) is 39.0 Å². The average molecular weight is 232 g/mol. The standard InChI is InChI=1S/C13H16N2O2/c1-13(2,3)17-9-12(16)15-11-6-4-5-10(7-11)8-14/h4-7H,9H2,1-3H3,(H,15,16). The molecule has 0 unspecified atom stereocenters. The number of amides is 1. The molecule has 17 heavy (non-hydrogen) atoms. The fourth-order valence-electron chi connectivity index (χ4n) is 1.15. The van der Waals surface area contributed by atoms with Gasteiger partial charge in [-0.3, -0.25) is 4.79 Å². The summed E-state index contributed by atoms with van der Waals surface area (Å²) in [7, 11) is 0. The normalized spacial score (nSPS) is 10.7. The van der Waals surface area contributed by atoms with Crippen molar-refractivity contribution in [3.8, 4) is 6.07 Å². The largest absolute Gasteiger partial charge is 0.366 e. The van der Waals surface area contributed by atoms with Crippen molar-refractivity contribution in [2.45, 2.75) is 26.4 Å². The Bertz CT molecular complexity index is 441. The van der Waals surface area contributed by atoms with E-state index in [1.807, 2.05) is 26.8 Å². The van der Waals surface area contributed by atoms with Crippen LogP contribution in [0.3, 0.4) is 0 Å². The highest BCUT2D eigenvalue weighted by Crippen LogP contribution is 2.10. The van der Waals surface area contributed by atoms with Gasteiger partial charge in [0.2, 0.25) is 5.91 Å². The summed E-state index contributed by atoms with van der Waals surface area (Å²) in [6.45, 7) is 5.66. The molecule has 0 atom stereocenters. The summed E-state index contributed by atoms with van der Waals surface area (Å²) in [4.78, 5) is 11.5. The predicted molar refractivity (Wildman–Crippen MR) is 65.5 cm³/mol. The Hall–Kier alpha value is -1.86. The molecule has 1 N–H and O–H groups in total. The van der Waals surface area contributed by atoms with Gasteiger partial charge >= 0.3 is 0 Å². The van der Waals surface area contributed by atoms with Crippen molar-refractivity contribution in [1.82, 2.24) is 0 Å². The van der Waals surface area contributed by atoms with Crippen LogP contribution in [0.1, 0.15) is 26.3 Å². The molecule has 4 heteroatoms. The number of nitrogens with zero attached hydrogens (tertiary/aromatic N) is 1. The number of hydrogen-bond donors (Lipinski definition) is 1. The summed E-state index contributed by atoms with van der Waals surface area (Å²) >= 11 is 0. The quantitative estimate of drug-likeness (QED) is 0.869. The molecule has 1 aromatic rings. The molecule has 0 aliphatic rings. The van der Waals surface area contributed by atoms with Gasteiger partial charge in [-0.1, -0.05) is 6.07 Å². The number of nitriles is 1. The highest BCUT2D eigenvalue weighted by atomic mass is 16.5. The Morgan fingerprint density at radius 2 is 2.18 bits per heavy atom. The van der Waals surface area contributed by atoms with Crippen LogP contribution in [0.25, 0.3) is 0 Å². The second-order valence-corrected chi connectivity index (χ2v) is 4.64. The number of hydrogen-bond acceptors (Lipinski definition) is 3. The minimum absolute atomic E-state index is 0.000279. The van der Waals surface area contributed by atoms with Crippen molar-refractivity contribution in [3.63, 3.8) is 0 Å². The van der Waals surface area contributed by atoms with Crippen molar-refractivity contribution in [2.24, 2.45) is 0 Å². The highest BCUT2D eigenvalue weighted by Gasteiger charge is 2.12. The molecule has 0 saturated carbocycles. The summed E-state index contributed by atoms with van der Waals surface area (Å²) in [5.74, 6) is -0.227. The Balaban J connectivity index is 2.54. The van der Waals surface area contributed by atoms with Gasteiger partial charge in [-0.2, -0.15) is 5.26 Å². The van der Waals surface area contributed by atoms with Crippen LogP contribution in [0.15, 0.2) is 24.3 Å². The fraction of sp³-hybridized carbons (Fsp3) is 0.385. The lowest BCUT2D eigenvalue weighted by Gasteiger charge is -2.18. The SMILES string of the molecule is CC(C)(C)OCC(=O)Nc1cccc(C#N)c1. The minimum atomic E-state index is -0.341. The predicted octanol–water partition coefficient (Wildman–Crippen LogP) is 2.31.